The maximum absolute atomic E-state index is 11.3. The molecule has 1 amide bonds. The Bertz CT molecular complexity index is 301. The van der Waals surface area contributed by atoms with Gasteiger partial charge in [0.15, 0.2) is 0 Å². The summed E-state index contributed by atoms with van der Waals surface area (Å²) in [6, 6.07) is -0.248. The van der Waals surface area contributed by atoms with Gasteiger partial charge in [0.1, 0.15) is 6.61 Å². The molecular weight excluding hydrogens is 238 g/mol. The molecule has 1 N–H and O–H groups in total. The van der Waals surface area contributed by atoms with E-state index in [9.17, 15) is 14.4 Å². The van der Waals surface area contributed by atoms with Crippen LogP contribution in [0.2, 0.25) is 0 Å². The number of hydrogen-bond donors (Lipinski definition) is 1. The summed E-state index contributed by atoms with van der Waals surface area (Å²) in [6.07, 6.45) is -0.0143. The molecule has 6 nitrogen and oxygen atoms in total. The van der Waals surface area contributed by atoms with E-state index in [1.165, 1.54) is 7.11 Å². The fourth-order valence-electron chi connectivity index (χ4n) is 1.05. The summed E-state index contributed by atoms with van der Waals surface area (Å²) in [5, 5.41) is 2.70. The Labute approximate surface area is 107 Å². The summed E-state index contributed by atoms with van der Waals surface area (Å²) >= 11 is 0. The number of carbonyl (C=O) groups excluding carboxylic acids is 3. The van der Waals surface area contributed by atoms with Gasteiger partial charge >= 0.3 is 11.9 Å². The van der Waals surface area contributed by atoms with Crippen LogP contribution in [-0.2, 0) is 23.9 Å². The van der Waals surface area contributed by atoms with E-state index in [0.29, 0.717) is 0 Å². The van der Waals surface area contributed by atoms with E-state index < -0.39 is 11.9 Å². The van der Waals surface area contributed by atoms with E-state index in [0.717, 1.165) is 0 Å². The average Bonchev–Trinajstić information content (AvgIpc) is 2.32. The van der Waals surface area contributed by atoms with Crippen LogP contribution in [-0.4, -0.2) is 37.6 Å². The van der Waals surface area contributed by atoms with Gasteiger partial charge in [-0.2, -0.15) is 0 Å². The van der Waals surface area contributed by atoms with Gasteiger partial charge in [0, 0.05) is 5.92 Å². The van der Waals surface area contributed by atoms with Crippen LogP contribution in [0, 0.1) is 5.92 Å². The van der Waals surface area contributed by atoms with Crippen molar-refractivity contribution in [3.63, 3.8) is 0 Å². The maximum Gasteiger partial charge on any atom is 0.306 e. The lowest BCUT2D eigenvalue weighted by atomic mass is 10.2. The molecule has 18 heavy (non-hydrogen) atoms. The van der Waals surface area contributed by atoms with Crippen molar-refractivity contribution in [1.29, 1.82) is 0 Å². The molecule has 104 valence electrons. The Morgan fingerprint density at radius 2 is 1.61 bits per heavy atom. The fraction of sp³-hybridized carbons (Fsp3) is 0.750. The molecule has 0 aliphatic heterocycles. The van der Waals surface area contributed by atoms with Gasteiger partial charge in [0.05, 0.1) is 26.0 Å². The van der Waals surface area contributed by atoms with Crippen LogP contribution in [0.1, 0.15) is 33.6 Å². The van der Waals surface area contributed by atoms with Crippen LogP contribution in [0.25, 0.3) is 0 Å². The molecule has 0 spiro atoms. The summed E-state index contributed by atoms with van der Waals surface area (Å²) in [6.45, 7) is 5.40. The molecule has 0 bridgehead atoms. The van der Waals surface area contributed by atoms with E-state index in [-0.39, 0.29) is 37.3 Å². The SMILES string of the molecule is COC(=O)CCC(=O)OCC(C)NC(=O)C(C)C. The first-order valence-electron chi connectivity index (χ1n) is 5.89. The van der Waals surface area contributed by atoms with Crippen LogP contribution < -0.4 is 5.32 Å². The second-order valence-corrected chi connectivity index (χ2v) is 4.32. The Kier molecular flexibility index (Phi) is 7.74. The number of carbonyl (C=O) groups is 3. The van der Waals surface area contributed by atoms with Crippen LogP contribution >= 0.6 is 0 Å². The molecular formula is C12H21NO5. The molecule has 0 aromatic heterocycles. The minimum Gasteiger partial charge on any atom is -0.469 e. The Hall–Kier alpha value is -1.59. The smallest absolute Gasteiger partial charge is 0.306 e. The van der Waals surface area contributed by atoms with E-state index in [1.54, 1.807) is 20.8 Å². The highest BCUT2D eigenvalue weighted by Gasteiger charge is 2.13. The van der Waals surface area contributed by atoms with Crippen molar-refractivity contribution >= 4 is 17.8 Å². The second-order valence-electron chi connectivity index (χ2n) is 4.32. The molecule has 0 saturated carbocycles. The first kappa shape index (κ1) is 16.4. The van der Waals surface area contributed by atoms with Gasteiger partial charge in [-0.05, 0) is 6.92 Å². The first-order chi connectivity index (χ1) is 8.36. The predicted molar refractivity (Wildman–Crippen MR) is 64.7 cm³/mol. The summed E-state index contributed by atoms with van der Waals surface area (Å²) in [5.41, 5.74) is 0. The minimum atomic E-state index is -0.481. The van der Waals surface area contributed by atoms with Gasteiger partial charge in [-0.3, -0.25) is 14.4 Å². The lowest BCUT2D eigenvalue weighted by Gasteiger charge is -2.15. The molecule has 0 fully saturated rings. The zero-order chi connectivity index (χ0) is 14.1. The van der Waals surface area contributed by atoms with E-state index in [1.807, 2.05) is 0 Å². The molecule has 1 unspecified atom stereocenters. The van der Waals surface area contributed by atoms with Crippen LogP contribution in [0.4, 0.5) is 0 Å². The predicted octanol–water partition coefficient (Wildman–Crippen LogP) is 0.643. The minimum absolute atomic E-state index is 0.00205. The highest BCUT2D eigenvalue weighted by molar-refractivity contribution is 5.78. The zero-order valence-electron chi connectivity index (χ0n) is 11.3. The van der Waals surface area contributed by atoms with Gasteiger partial charge in [0.2, 0.25) is 5.91 Å². The van der Waals surface area contributed by atoms with Crippen LogP contribution in [0.15, 0.2) is 0 Å². The Balaban J connectivity index is 3.78. The van der Waals surface area contributed by atoms with Gasteiger partial charge in [-0.25, -0.2) is 0 Å². The zero-order valence-corrected chi connectivity index (χ0v) is 11.3. The molecule has 0 radical (unpaired) electrons. The molecule has 0 rings (SSSR count). The van der Waals surface area contributed by atoms with Crippen molar-refractivity contribution in [3.8, 4) is 0 Å². The molecule has 0 aliphatic carbocycles. The van der Waals surface area contributed by atoms with Crippen molar-refractivity contribution in [3.05, 3.63) is 0 Å². The molecule has 6 heteroatoms. The van der Waals surface area contributed by atoms with Crippen molar-refractivity contribution in [2.24, 2.45) is 5.92 Å². The van der Waals surface area contributed by atoms with Crippen LogP contribution in [0.3, 0.4) is 0 Å². The van der Waals surface area contributed by atoms with E-state index in [2.05, 4.69) is 10.1 Å². The molecule has 0 aromatic carbocycles. The standard InChI is InChI=1S/C12H21NO5/c1-8(2)12(16)13-9(3)7-18-11(15)6-5-10(14)17-4/h8-9H,5-7H2,1-4H3,(H,13,16). The van der Waals surface area contributed by atoms with Crippen molar-refractivity contribution in [2.45, 2.75) is 39.7 Å². The third-order valence-corrected chi connectivity index (χ3v) is 2.17. The molecule has 0 aliphatic rings. The number of rotatable bonds is 7. The fourth-order valence-corrected chi connectivity index (χ4v) is 1.05. The number of amides is 1. The van der Waals surface area contributed by atoms with Crippen molar-refractivity contribution in [2.75, 3.05) is 13.7 Å². The molecule has 0 saturated heterocycles. The summed E-state index contributed by atoms with van der Waals surface area (Å²) < 4.78 is 9.32. The van der Waals surface area contributed by atoms with Gasteiger partial charge in [-0.1, -0.05) is 13.8 Å². The topological polar surface area (TPSA) is 81.7 Å². The number of methoxy groups -OCH3 is 1. The number of nitrogens with one attached hydrogen (secondary N) is 1. The Morgan fingerprint density at radius 3 is 2.11 bits per heavy atom. The van der Waals surface area contributed by atoms with Gasteiger partial charge in [-0.15, -0.1) is 0 Å². The normalized spacial score (nSPS) is 11.8. The van der Waals surface area contributed by atoms with Crippen molar-refractivity contribution < 1.29 is 23.9 Å². The third-order valence-electron chi connectivity index (χ3n) is 2.17. The lowest BCUT2D eigenvalue weighted by molar-refractivity contribution is -0.149. The number of esters is 2. The first-order valence-corrected chi connectivity index (χ1v) is 5.89. The third kappa shape index (κ3) is 7.65. The van der Waals surface area contributed by atoms with E-state index >= 15 is 0 Å². The average molecular weight is 259 g/mol. The quantitative estimate of drug-likeness (QED) is 0.679. The largest absolute Gasteiger partial charge is 0.469 e. The monoisotopic (exact) mass is 259 g/mol. The molecule has 1 atom stereocenters. The summed E-state index contributed by atoms with van der Waals surface area (Å²) in [5.74, 6) is -1.13. The summed E-state index contributed by atoms with van der Waals surface area (Å²) in [4.78, 5) is 33.4. The summed E-state index contributed by atoms with van der Waals surface area (Å²) in [7, 11) is 1.26. The number of ether oxygens (including phenoxy) is 2. The van der Waals surface area contributed by atoms with Gasteiger partial charge in [0.25, 0.3) is 0 Å². The van der Waals surface area contributed by atoms with Gasteiger partial charge < -0.3 is 14.8 Å². The Morgan fingerprint density at radius 1 is 1.06 bits per heavy atom. The molecule has 0 heterocycles. The van der Waals surface area contributed by atoms with Crippen molar-refractivity contribution in [1.82, 2.24) is 5.32 Å². The van der Waals surface area contributed by atoms with Crippen LogP contribution in [0.5, 0.6) is 0 Å². The highest BCUT2D eigenvalue weighted by Crippen LogP contribution is 1.97. The van der Waals surface area contributed by atoms with E-state index in [4.69, 9.17) is 4.74 Å². The second kappa shape index (κ2) is 8.49. The lowest BCUT2D eigenvalue weighted by Crippen LogP contribution is -2.38. The number of hydrogen-bond acceptors (Lipinski definition) is 5. The highest BCUT2D eigenvalue weighted by atomic mass is 16.5. The molecule has 0 aromatic rings. The maximum atomic E-state index is 11.3.